The highest BCUT2D eigenvalue weighted by Crippen LogP contribution is 2.37. The molecule has 3 heteroatoms. The van der Waals surface area contributed by atoms with Crippen molar-refractivity contribution >= 4 is 0 Å². The van der Waals surface area contributed by atoms with Crippen LogP contribution in [0.1, 0.15) is 23.6 Å². The molecule has 0 bridgehead atoms. The highest BCUT2D eigenvalue weighted by Gasteiger charge is 2.38. The summed E-state index contributed by atoms with van der Waals surface area (Å²) in [4.78, 5) is 2.47. The molecule has 1 aliphatic rings. The van der Waals surface area contributed by atoms with Crippen LogP contribution in [-0.2, 0) is 10.3 Å². The Bertz CT molecular complexity index is 770. The third kappa shape index (κ3) is 4.27. The molecule has 3 nitrogen and oxygen atoms in total. The minimum atomic E-state index is -0.443. The fourth-order valence-electron chi connectivity index (χ4n) is 4.37. The molecule has 29 heavy (non-hydrogen) atoms. The molecular formula is C26H30N2O. The van der Waals surface area contributed by atoms with Crippen molar-refractivity contribution in [2.24, 2.45) is 0 Å². The zero-order valence-corrected chi connectivity index (χ0v) is 17.1. The molecule has 0 aromatic heterocycles. The lowest BCUT2D eigenvalue weighted by Crippen LogP contribution is -2.54. The minimum Gasteiger partial charge on any atom is -0.378 e. The Morgan fingerprint density at radius 3 is 1.76 bits per heavy atom. The zero-order valence-electron chi connectivity index (χ0n) is 17.1. The van der Waals surface area contributed by atoms with Crippen molar-refractivity contribution in [3.63, 3.8) is 0 Å². The molecule has 0 unspecified atom stereocenters. The fraction of sp³-hybridized carbons (Fsp3) is 0.308. The highest BCUT2D eigenvalue weighted by atomic mass is 16.5. The lowest BCUT2D eigenvalue weighted by atomic mass is 9.76. The molecule has 150 valence electrons. The van der Waals surface area contributed by atoms with Gasteiger partial charge in [0.2, 0.25) is 0 Å². The Labute approximate surface area is 174 Å². The molecule has 0 saturated carbocycles. The zero-order chi connectivity index (χ0) is 19.9. The SMILES string of the molecule is CCN1CCOC[C@@H](NC(c2ccccc2)(c2ccccc2)c2ccccc2)C1. The summed E-state index contributed by atoms with van der Waals surface area (Å²) in [6.45, 7) is 6.73. The second-order valence-corrected chi connectivity index (χ2v) is 7.66. The first kappa shape index (κ1) is 19.8. The maximum atomic E-state index is 5.99. The van der Waals surface area contributed by atoms with E-state index in [0.717, 1.165) is 26.2 Å². The largest absolute Gasteiger partial charge is 0.378 e. The van der Waals surface area contributed by atoms with Crippen LogP contribution in [0.25, 0.3) is 0 Å². The van der Waals surface area contributed by atoms with Gasteiger partial charge in [-0.15, -0.1) is 0 Å². The van der Waals surface area contributed by atoms with Gasteiger partial charge in [0.15, 0.2) is 0 Å². The Kier molecular flexibility index (Phi) is 6.40. The number of hydrogen-bond donors (Lipinski definition) is 1. The van der Waals surface area contributed by atoms with E-state index < -0.39 is 5.54 Å². The smallest absolute Gasteiger partial charge is 0.0951 e. The van der Waals surface area contributed by atoms with Gasteiger partial charge in [-0.25, -0.2) is 0 Å². The number of benzene rings is 3. The predicted molar refractivity (Wildman–Crippen MR) is 119 cm³/mol. The lowest BCUT2D eigenvalue weighted by Gasteiger charge is -2.40. The van der Waals surface area contributed by atoms with E-state index in [1.54, 1.807) is 0 Å². The van der Waals surface area contributed by atoms with Crippen molar-refractivity contribution in [3.8, 4) is 0 Å². The van der Waals surface area contributed by atoms with Gasteiger partial charge in [0, 0.05) is 19.1 Å². The van der Waals surface area contributed by atoms with Crippen LogP contribution >= 0.6 is 0 Å². The summed E-state index contributed by atoms with van der Waals surface area (Å²) in [7, 11) is 0. The number of nitrogens with one attached hydrogen (secondary N) is 1. The predicted octanol–water partition coefficient (Wildman–Crippen LogP) is 4.29. The topological polar surface area (TPSA) is 24.5 Å². The molecule has 1 fully saturated rings. The summed E-state index contributed by atoms with van der Waals surface area (Å²) in [6, 6.07) is 32.6. The van der Waals surface area contributed by atoms with Crippen LogP contribution in [0.15, 0.2) is 91.0 Å². The van der Waals surface area contributed by atoms with Crippen LogP contribution in [-0.4, -0.2) is 43.8 Å². The maximum Gasteiger partial charge on any atom is 0.0951 e. The number of ether oxygens (including phenoxy) is 1. The van der Waals surface area contributed by atoms with Gasteiger partial charge in [-0.2, -0.15) is 0 Å². The van der Waals surface area contributed by atoms with Crippen molar-refractivity contribution in [1.82, 2.24) is 10.2 Å². The first-order valence-corrected chi connectivity index (χ1v) is 10.6. The van der Waals surface area contributed by atoms with Crippen LogP contribution in [0.3, 0.4) is 0 Å². The van der Waals surface area contributed by atoms with E-state index in [2.05, 4.69) is 108 Å². The second kappa shape index (κ2) is 9.36. The van der Waals surface area contributed by atoms with Gasteiger partial charge in [-0.05, 0) is 23.2 Å². The molecule has 1 atom stereocenters. The summed E-state index contributed by atoms with van der Waals surface area (Å²) < 4.78 is 5.99. The van der Waals surface area contributed by atoms with Gasteiger partial charge in [-0.3, -0.25) is 10.2 Å². The summed E-state index contributed by atoms with van der Waals surface area (Å²) in [5.74, 6) is 0. The molecule has 4 rings (SSSR count). The van der Waals surface area contributed by atoms with Gasteiger partial charge in [0.1, 0.15) is 0 Å². The Morgan fingerprint density at radius 2 is 1.31 bits per heavy atom. The van der Waals surface area contributed by atoms with Crippen LogP contribution < -0.4 is 5.32 Å². The van der Waals surface area contributed by atoms with Crippen LogP contribution in [0.4, 0.5) is 0 Å². The van der Waals surface area contributed by atoms with Gasteiger partial charge in [-0.1, -0.05) is 97.9 Å². The molecule has 3 aromatic carbocycles. The molecule has 1 saturated heterocycles. The van der Waals surface area contributed by atoms with E-state index in [4.69, 9.17) is 4.74 Å². The van der Waals surface area contributed by atoms with Crippen molar-refractivity contribution in [1.29, 1.82) is 0 Å². The van der Waals surface area contributed by atoms with Crippen molar-refractivity contribution in [2.75, 3.05) is 32.8 Å². The summed E-state index contributed by atoms with van der Waals surface area (Å²) in [5.41, 5.74) is 3.28. The normalized spacial score (nSPS) is 18.3. The average molecular weight is 387 g/mol. The van der Waals surface area contributed by atoms with Crippen molar-refractivity contribution in [3.05, 3.63) is 108 Å². The minimum absolute atomic E-state index is 0.220. The summed E-state index contributed by atoms with van der Waals surface area (Å²) >= 11 is 0. The first-order valence-electron chi connectivity index (χ1n) is 10.6. The van der Waals surface area contributed by atoms with E-state index in [1.165, 1.54) is 16.7 Å². The Balaban J connectivity index is 1.86. The number of nitrogens with zero attached hydrogens (tertiary/aromatic N) is 1. The fourth-order valence-corrected chi connectivity index (χ4v) is 4.37. The standard InChI is InChI=1S/C26H30N2O/c1-2-28-18-19-29-21-25(20-28)27-26(22-12-6-3-7-13-22,23-14-8-4-9-15-23)24-16-10-5-11-17-24/h3-17,25,27H,2,18-21H2,1H3/t25-/m0/s1. The van der Waals surface area contributed by atoms with Gasteiger partial charge in [0.25, 0.3) is 0 Å². The Morgan fingerprint density at radius 1 is 0.828 bits per heavy atom. The molecule has 0 amide bonds. The first-order chi connectivity index (χ1) is 14.3. The van der Waals surface area contributed by atoms with E-state index in [1.807, 2.05) is 0 Å². The van der Waals surface area contributed by atoms with Crippen LogP contribution in [0.5, 0.6) is 0 Å². The molecule has 0 aliphatic carbocycles. The molecule has 0 spiro atoms. The average Bonchev–Trinajstić information content (AvgIpc) is 3.04. The van der Waals surface area contributed by atoms with Gasteiger partial charge >= 0.3 is 0 Å². The number of rotatable bonds is 6. The van der Waals surface area contributed by atoms with Crippen LogP contribution in [0, 0.1) is 0 Å². The van der Waals surface area contributed by atoms with E-state index >= 15 is 0 Å². The third-order valence-corrected chi connectivity index (χ3v) is 5.84. The maximum absolute atomic E-state index is 5.99. The van der Waals surface area contributed by atoms with Crippen LogP contribution in [0.2, 0.25) is 0 Å². The van der Waals surface area contributed by atoms with Crippen molar-refractivity contribution in [2.45, 2.75) is 18.5 Å². The summed E-state index contributed by atoms with van der Waals surface area (Å²) in [6.07, 6.45) is 0. The molecule has 1 N–H and O–H groups in total. The van der Waals surface area contributed by atoms with E-state index in [-0.39, 0.29) is 6.04 Å². The second-order valence-electron chi connectivity index (χ2n) is 7.66. The summed E-state index contributed by atoms with van der Waals surface area (Å²) in [5, 5.41) is 4.06. The quantitative estimate of drug-likeness (QED) is 0.640. The van der Waals surface area contributed by atoms with E-state index in [0.29, 0.717) is 6.61 Å². The Hall–Kier alpha value is -2.46. The van der Waals surface area contributed by atoms with Gasteiger partial charge < -0.3 is 4.74 Å². The molecule has 1 heterocycles. The number of likely N-dealkylation sites (N-methyl/N-ethyl adjacent to an activating group) is 1. The molecule has 3 aromatic rings. The number of hydrogen-bond acceptors (Lipinski definition) is 3. The monoisotopic (exact) mass is 386 g/mol. The van der Waals surface area contributed by atoms with E-state index in [9.17, 15) is 0 Å². The highest BCUT2D eigenvalue weighted by molar-refractivity contribution is 5.49. The third-order valence-electron chi connectivity index (χ3n) is 5.84. The lowest BCUT2D eigenvalue weighted by molar-refractivity contribution is 0.125. The van der Waals surface area contributed by atoms with Gasteiger partial charge in [0.05, 0.1) is 18.8 Å². The molecule has 1 aliphatic heterocycles. The molecular weight excluding hydrogens is 356 g/mol. The molecule has 0 radical (unpaired) electrons. The van der Waals surface area contributed by atoms with Crippen molar-refractivity contribution < 1.29 is 4.74 Å².